The largest absolute Gasteiger partial charge is 0.490 e. The molecule has 148 valence electrons. The number of aliphatic imine (C=N–C) groups is 1. The number of hydrogen-bond acceptors (Lipinski definition) is 4. The van der Waals surface area contributed by atoms with E-state index in [0.717, 1.165) is 29.1 Å². The van der Waals surface area contributed by atoms with Gasteiger partial charge in [-0.2, -0.15) is 0 Å². The summed E-state index contributed by atoms with van der Waals surface area (Å²) in [5.41, 5.74) is 8.68. The number of guanidine groups is 1. The van der Waals surface area contributed by atoms with Gasteiger partial charge in [0.2, 0.25) is 5.91 Å². The smallest absolute Gasteiger partial charge is 0.232 e. The fourth-order valence-electron chi connectivity index (χ4n) is 3.30. The molecule has 0 aliphatic carbocycles. The highest BCUT2D eigenvalue weighted by atomic mass is 127. The minimum Gasteiger partial charge on any atom is -0.490 e. The van der Waals surface area contributed by atoms with Crippen molar-refractivity contribution in [3.63, 3.8) is 0 Å². The number of hydrogen-bond donors (Lipinski definition) is 3. The number of carbonyl (C=O) groups is 1. The van der Waals surface area contributed by atoms with Crippen molar-refractivity contribution in [3.8, 4) is 11.5 Å². The molecule has 0 radical (unpaired) electrons. The number of amides is 1. The molecule has 7 nitrogen and oxygen atoms in total. The van der Waals surface area contributed by atoms with Crippen molar-refractivity contribution in [2.45, 2.75) is 18.8 Å². The van der Waals surface area contributed by atoms with E-state index in [4.69, 9.17) is 15.2 Å². The molecule has 2 heterocycles. The molecule has 1 atom stereocenters. The van der Waals surface area contributed by atoms with E-state index in [1.54, 1.807) is 0 Å². The van der Waals surface area contributed by atoms with Crippen LogP contribution in [0.3, 0.4) is 0 Å². The molecule has 0 aromatic heterocycles. The average molecular weight is 494 g/mol. The number of rotatable bonds is 4. The summed E-state index contributed by atoms with van der Waals surface area (Å²) in [5.74, 6) is 1.57. The zero-order valence-electron chi connectivity index (χ0n) is 15.3. The van der Waals surface area contributed by atoms with Crippen molar-refractivity contribution < 1.29 is 14.3 Å². The maximum atomic E-state index is 12.1. The molecule has 8 heteroatoms. The van der Waals surface area contributed by atoms with Crippen molar-refractivity contribution in [3.05, 3.63) is 48.0 Å². The van der Waals surface area contributed by atoms with E-state index < -0.39 is 0 Å². The Morgan fingerprint density at radius 3 is 2.82 bits per heavy atom. The number of nitrogens with one attached hydrogen (secondary N) is 2. The third-order valence-corrected chi connectivity index (χ3v) is 4.63. The van der Waals surface area contributed by atoms with Gasteiger partial charge in [-0.3, -0.25) is 9.79 Å². The molecule has 0 bridgehead atoms. The van der Waals surface area contributed by atoms with Gasteiger partial charge in [-0.05, 0) is 30.2 Å². The van der Waals surface area contributed by atoms with E-state index >= 15 is 0 Å². The molecule has 2 aromatic rings. The summed E-state index contributed by atoms with van der Waals surface area (Å²) in [6.07, 6.45) is 1.46. The number of anilines is 2. The summed E-state index contributed by atoms with van der Waals surface area (Å²) in [6.45, 7) is 1.74. The van der Waals surface area contributed by atoms with E-state index in [1.165, 1.54) is 0 Å². The highest BCUT2D eigenvalue weighted by Crippen LogP contribution is 2.34. The van der Waals surface area contributed by atoms with Gasteiger partial charge in [0.25, 0.3) is 0 Å². The van der Waals surface area contributed by atoms with E-state index in [0.29, 0.717) is 37.9 Å². The van der Waals surface area contributed by atoms with Gasteiger partial charge in [0.15, 0.2) is 17.5 Å². The molecule has 4 N–H and O–H groups in total. The van der Waals surface area contributed by atoms with E-state index in [2.05, 4.69) is 15.6 Å². The average Bonchev–Trinajstić information content (AvgIpc) is 2.83. The van der Waals surface area contributed by atoms with Crippen molar-refractivity contribution in [2.75, 3.05) is 30.4 Å². The van der Waals surface area contributed by atoms with Gasteiger partial charge in [0, 0.05) is 30.4 Å². The van der Waals surface area contributed by atoms with E-state index in [-0.39, 0.29) is 35.8 Å². The van der Waals surface area contributed by atoms with Crippen LogP contribution in [0.2, 0.25) is 0 Å². The molecule has 0 spiro atoms. The number of benzene rings is 2. The van der Waals surface area contributed by atoms with Gasteiger partial charge in [-0.15, -0.1) is 24.0 Å². The van der Waals surface area contributed by atoms with Crippen LogP contribution in [0.5, 0.6) is 11.5 Å². The Bertz CT molecular complexity index is 888. The maximum Gasteiger partial charge on any atom is 0.232 e. The molecule has 2 aromatic carbocycles. The molecule has 0 fully saturated rings. The zero-order chi connectivity index (χ0) is 18.6. The fraction of sp³-hybridized carbons (Fsp3) is 0.300. The van der Waals surface area contributed by atoms with Crippen LogP contribution >= 0.6 is 24.0 Å². The SMILES string of the molecule is I.NC(=NCCC1C(=O)Nc2ccccc21)Nc1ccc2c(c1)OCCCO2. The molecule has 2 aliphatic rings. The van der Waals surface area contributed by atoms with Crippen LogP contribution in [0.1, 0.15) is 24.3 Å². The molecule has 0 saturated carbocycles. The minimum atomic E-state index is -0.184. The zero-order valence-corrected chi connectivity index (χ0v) is 17.6. The van der Waals surface area contributed by atoms with Gasteiger partial charge in [0.1, 0.15) is 0 Å². The lowest BCUT2D eigenvalue weighted by atomic mass is 9.97. The van der Waals surface area contributed by atoms with Gasteiger partial charge in [-0.25, -0.2) is 0 Å². The van der Waals surface area contributed by atoms with Gasteiger partial charge < -0.3 is 25.8 Å². The second-order valence-electron chi connectivity index (χ2n) is 6.52. The van der Waals surface area contributed by atoms with Gasteiger partial charge in [0.05, 0.1) is 19.1 Å². The Morgan fingerprint density at radius 2 is 1.96 bits per heavy atom. The topological polar surface area (TPSA) is 98.0 Å². The Morgan fingerprint density at radius 1 is 1.18 bits per heavy atom. The van der Waals surface area contributed by atoms with Gasteiger partial charge >= 0.3 is 0 Å². The summed E-state index contributed by atoms with van der Waals surface area (Å²) >= 11 is 0. The third kappa shape index (κ3) is 4.49. The molecular weight excluding hydrogens is 471 g/mol. The first-order valence-electron chi connectivity index (χ1n) is 9.07. The van der Waals surface area contributed by atoms with Crippen LogP contribution in [-0.4, -0.2) is 31.6 Å². The van der Waals surface area contributed by atoms with Crippen LogP contribution in [0, 0.1) is 0 Å². The third-order valence-electron chi connectivity index (χ3n) is 4.63. The Balaban J connectivity index is 0.00000225. The second kappa shape index (κ2) is 9.13. The number of para-hydroxylation sites is 1. The van der Waals surface area contributed by atoms with Crippen LogP contribution in [-0.2, 0) is 4.79 Å². The molecule has 0 saturated heterocycles. The lowest BCUT2D eigenvalue weighted by Crippen LogP contribution is -2.23. The fourth-order valence-corrected chi connectivity index (χ4v) is 3.30. The van der Waals surface area contributed by atoms with Crippen molar-refractivity contribution >= 4 is 47.2 Å². The number of halogens is 1. The number of ether oxygens (including phenoxy) is 2. The lowest BCUT2D eigenvalue weighted by Gasteiger charge is -2.11. The number of nitrogens with two attached hydrogens (primary N) is 1. The molecule has 1 amide bonds. The predicted octanol–water partition coefficient (Wildman–Crippen LogP) is 3.32. The standard InChI is InChI=1S/C20H22N4O3.HI/c21-20(23-13-6-7-17-18(12-13)27-11-3-10-26-17)22-9-8-15-14-4-1-2-5-16(14)24-19(15)25;/h1-2,4-7,12,15H,3,8-11H2,(H,24,25)(H3,21,22,23);1H. The van der Waals surface area contributed by atoms with Crippen LogP contribution in [0.4, 0.5) is 11.4 Å². The summed E-state index contributed by atoms with van der Waals surface area (Å²) < 4.78 is 11.3. The van der Waals surface area contributed by atoms with Crippen molar-refractivity contribution in [1.82, 2.24) is 0 Å². The van der Waals surface area contributed by atoms with Crippen LogP contribution in [0.15, 0.2) is 47.5 Å². The predicted molar refractivity (Wildman–Crippen MR) is 120 cm³/mol. The highest BCUT2D eigenvalue weighted by molar-refractivity contribution is 14.0. The number of carbonyl (C=O) groups excluding carboxylic acids is 1. The molecular formula is C20H23IN4O3. The molecule has 2 aliphatic heterocycles. The summed E-state index contributed by atoms with van der Waals surface area (Å²) in [5, 5.41) is 5.96. The Kier molecular flexibility index (Phi) is 6.61. The quantitative estimate of drug-likeness (QED) is 0.344. The summed E-state index contributed by atoms with van der Waals surface area (Å²) in [6, 6.07) is 13.3. The van der Waals surface area contributed by atoms with Crippen LogP contribution in [0.25, 0.3) is 0 Å². The summed E-state index contributed by atoms with van der Waals surface area (Å²) in [4.78, 5) is 16.5. The Hall–Kier alpha value is -2.49. The first-order valence-corrected chi connectivity index (χ1v) is 9.07. The summed E-state index contributed by atoms with van der Waals surface area (Å²) in [7, 11) is 0. The highest BCUT2D eigenvalue weighted by Gasteiger charge is 2.29. The monoisotopic (exact) mass is 494 g/mol. The number of nitrogens with zero attached hydrogens (tertiary/aromatic N) is 1. The number of fused-ring (bicyclic) bond motifs is 2. The molecule has 28 heavy (non-hydrogen) atoms. The normalized spacial score (nSPS) is 17.8. The van der Waals surface area contributed by atoms with E-state index in [1.807, 2.05) is 42.5 Å². The molecule has 4 rings (SSSR count). The van der Waals surface area contributed by atoms with Crippen LogP contribution < -0.4 is 25.8 Å². The minimum absolute atomic E-state index is 0. The Labute approximate surface area is 180 Å². The van der Waals surface area contributed by atoms with Gasteiger partial charge in [-0.1, -0.05) is 18.2 Å². The first-order chi connectivity index (χ1) is 13.2. The molecule has 1 unspecified atom stereocenters. The maximum absolute atomic E-state index is 12.1. The second-order valence-corrected chi connectivity index (χ2v) is 6.52. The first kappa shape index (κ1) is 20.2. The van der Waals surface area contributed by atoms with E-state index in [9.17, 15) is 4.79 Å². The lowest BCUT2D eigenvalue weighted by molar-refractivity contribution is -0.117. The van der Waals surface area contributed by atoms with Crippen molar-refractivity contribution in [1.29, 1.82) is 0 Å². The van der Waals surface area contributed by atoms with Crippen molar-refractivity contribution in [2.24, 2.45) is 10.7 Å².